The minimum absolute atomic E-state index is 0.117. The molecule has 28 heavy (non-hydrogen) atoms. The highest BCUT2D eigenvalue weighted by atomic mass is 32.2. The van der Waals surface area contributed by atoms with E-state index in [9.17, 15) is 22.4 Å². The molecule has 2 aromatic carbocycles. The molecule has 0 bridgehead atoms. The van der Waals surface area contributed by atoms with Crippen LogP contribution in [0.5, 0.6) is 0 Å². The Balaban J connectivity index is 1.81. The molecule has 2 aromatic rings. The van der Waals surface area contributed by atoms with Crippen LogP contribution in [0.25, 0.3) is 0 Å². The number of ether oxygens (including phenoxy) is 1. The van der Waals surface area contributed by atoms with Crippen LogP contribution in [-0.4, -0.2) is 32.4 Å². The maximum atomic E-state index is 14.0. The summed E-state index contributed by atoms with van der Waals surface area (Å²) in [6, 6.07) is 9.84. The van der Waals surface area contributed by atoms with E-state index in [0.717, 1.165) is 29.4 Å². The van der Waals surface area contributed by atoms with Crippen molar-refractivity contribution >= 4 is 27.6 Å². The first-order valence-electron chi connectivity index (χ1n) is 8.54. The summed E-state index contributed by atoms with van der Waals surface area (Å²) in [7, 11) is -4.12. The molecule has 0 radical (unpaired) electrons. The van der Waals surface area contributed by atoms with Crippen LogP contribution in [0.3, 0.4) is 0 Å². The molecule has 9 heteroatoms. The number of carbonyl (C=O) groups excluding carboxylic acids is 2. The fourth-order valence-electron chi connectivity index (χ4n) is 3.21. The highest BCUT2D eigenvalue weighted by molar-refractivity contribution is 7.89. The fourth-order valence-corrected chi connectivity index (χ4v) is 3.75. The molecule has 0 saturated heterocycles. The summed E-state index contributed by atoms with van der Waals surface area (Å²) in [5.74, 6) is -2.57. The molecule has 3 rings (SSSR count). The number of para-hydroxylation sites is 1. The minimum Gasteiger partial charge on any atom is -0.449 e. The third-order valence-corrected chi connectivity index (χ3v) is 5.47. The highest BCUT2D eigenvalue weighted by Crippen LogP contribution is 2.32. The van der Waals surface area contributed by atoms with Gasteiger partial charge in [0.25, 0.3) is 5.91 Å². The smallest absolute Gasteiger partial charge is 0.341 e. The van der Waals surface area contributed by atoms with Crippen molar-refractivity contribution in [1.29, 1.82) is 0 Å². The number of fused-ring (bicyclic) bond motifs is 1. The lowest BCUT2D eigenvalue weighted by Gasteiger charge is -2.26. The monoisotopic (exact) mass is 406 g/mol. The second-order valence-electron chi connectivity index (χ2n) is 6.62. The van der Waals surface area contributed by atoms with Crippen molar-refractivity contribution in [3.8, 4) is 0 Å². The van der Waals surface area contributed by atoms with Gasteiger partial charge in [-0.05, 0) is 50.1 Å². The molecule has 0 unspecified atom stereocenters. The SMILES string of the molecule is C[C@@H]1Cc2ccccc2N1C(=O)[C@@H](C)OC(=O)c1cc(S(N)(=O)=O)ccc1F. The van der Waals surface area contributed by atoms with Gasteiger partial charge in [-0.2, -0.15) is 0 Å². The van der Waals surface area contributed by atoms with Gasteiger partial charge in [-0.1, -0.05) is 18.2 Å². The summed E-state index contributed by atoms with van der Waals surface area (Å²) in [5, 5.41) is 5.01. The molecule has 1 aliphatic rings. The van der Waals surface area contributed by atoms with Gasteiger partial charge >= 0.3 is 5.97 Å². The van der Waals surface area contributed by atoms with Crippen molar-refractivity contribution in [2.45, 2.75) is 37.3 Å². The molecule has 2 atom stereocenters. The summed E-state index contributed by atoms with van der Waals surface area (Å²) < 4.78 is 41.9. The molecule has 0 aromatic heterocycles. The number of benzene rings is 2. The van der Waals surface area contributed by atoms with Crippen molar-refractivity contribution in [3.05, 3.63) is 59.4 Å². The number of anilines is 1. The quantitative estimate of drug-likeness (QED) is 0.782. The van der Waals surface area contributed by atoms with Gasteiger partial charge in [0.2, 0.25) is 10.0 Å². The molecule has 1 amide bonds. The van der Waals surface area contributed by atoms with Crippen molar-refractivity contribution in [3.63, 3.8) is 0 Å². The predicted molar refractivity (Wildman–Crippen MR) is 99.7 cm³/mol. The summed E-state index contributed by atoms with van der Waals surface area (Å²) in [4.78, 5) is 26.3. The van der Waals surface area contributed by atoms with Crippen molar-refractivity contribution < 1.29 is 27.1 Å². The van der Waals surface area contributed by atoms with Gasteiger partial charge in [0, 0.05) is 11.7 Å². The van der Waals surface area contributed by atoms with E-state index < -0.39 is 44.3 Å². The topological polar surface area (TPSA) is 107 Å². The zero-order chi connectivity index (χ0) is 20.6. The highest BCUT2D eigenvalue weighted by Gasteiger charge is 2.35. The molecule has 148 valence electrons. The number of hydrogen-bond donors (Lipinski definition) is 1. The Kier molecular flexibility index (Phi) is 5.22. The maximum absolute atomic E-state index is 14.0. The number of esters is 1. The number of hydrogen-bond acceptors (Lipinski definition) is 5. The number of primary sulfonamides is 1. The zero-order valence-corrected chi connectivity index (χ0v) is 16.1. The molecule has 0 saturated carbocycles. The number of carbonyl (C=O) groups is 2. The van der Waals surface area contributed by atoms with Gasteiger partial charge in [-0.3, -0.25) is 4.79 Å². The summed E-state index contributed by atoms with van der Waals surface area (Å²) >= 11 is 0. The van der Waals surface area contributed by atoms with E-state index in [-0.39, 0.29) is 6.04 Å². The lowest BCUT2D eigenvalue weighted by atomic mass is 10.1. The Morgan fingerprint density at radius 3 is 2.61 bits per heavy atom. The van der Waals surface area contributed by atoms with Crippen LogP contribution in [0.4, 0.5) is 10.1 Å². The van der Waals surface area contributed by atoms with E-state index in [1.54, 1.807) is 11.0 Å². The third kappa shape index (κ3) is 3.76. The van der Waals surface area contributed by atoms with Crippen LogP contribution >= 0.6 is 0 Å². The van der Waals surface area contributed by atoms with Gasteiger partial charge in [0.1, 0.15) is 5.82 Å². The van der Waals surface area contributed by atoms with Gasteiger partial charge in [-0.25, -0.2) is 22.7 Å². The number of amides is 1. The first-order valence-corrected chi connectivity index (χ1v) is 10.1. The molecule has 0 spiro atoms. The van der Waals surface area contributed by atoms with Crippen molar-refractivity contribution in [1.82, 2.24) is 0 Å². The Hall–Kier alpha value is -2.78. The largest absolute Gasteiger partial charge is 0.449 e. The van der Waals surface area contributed by atoms with Crippen LogP contribution in [0.15, 0.2) is 47.4 Å². The summed E-state index contributed by atoms with van der Waals surface area (Å²) in [6.07, 6.45) is -0.521. The Morgan fingerprint density at radius 1 is 1.25 bits per heavy atom. The average Bonchev–Trinajstić information content (AvgIpc) is 2.95. The van der Waals surface area contributed by atoms with E-state index in [2.05, 4.69) is 0 Å². The van der Waals surface area contributed by atoms with Crippen LogP contribution in [0, 0.1) is 5.82 Å². The van der Waals surface area contributed by atoms with E-state index in [0.29, 0.717) is 6.42 Å². The number of sulfonamides is 1. The Labute approximate surface area is 161 Å². The second kappa shape index (κ2) is 7.33. The van der Waals surface area contributed by atoms with Gasteiger partial charge in [0.15, 0.2) is 6.10 Å². The summed E-state index contributed by atoms with van der Waals surface area (Å²) in [6.45, 7) is 3.26. The standard InChI is InChI=1S/C19H19FN2O5S/c1-11-9-13-5-3-4-6-17(13)22(11)18(23)12(2)27-19(24)15-10-14(28(21,25)26)7-8-16(15)20/h3-8,10-12H,9H2,1-2H3,(H2,21,25,26)/t11-,12-/m1/s1. The van der Waals surface area contributed by atoms with Crippen LogP contribution in [-0.2, 0) is 26.0 Å². The van der Waals surface area contributed by atoms with E-state index in [4.69, 9.17) is 9.88 Å². The molecule has 2 N–H and O–H groups in total. The molecular formula is C19H19FN2O5S. The number of rotatable bonds is 4. The molecule has 0 aliphatic carbocycles. The maximum Gasteiger partial charge on any atom is 0.341 e. The van der Waals surface area contributed by atoms with Gasteiger partial charge in [0.05, 0.1) is 10.5 Å². The lowest BCUT2D eigenvalue weighted by molar-refractivity contribution is -0.126. The minimum atomic E-state index is -4.12. The van der Waals surface area contributed by atoms with Crippen LogP contribution < -0.4 is 10.0 Å². The first kappa shape index (κ1) is 20.0. The van der Waals surface area contributed by atoms with E-state index in [1.165, 1.54) is 6.92 Å². The van der Waals surface area contributed by atoms with Crippen molar-refractivity contribution in [2.24, 2.45) is 5.14 Å². The molecule has 1 aliphatic heterocycles. The predicted octanol–water partition coefficient (Wildman–Crippen LogP) is 2.00. The van der Waals surface area contributed by atoms with E-state index >= 15 is 0 Å². The zero-order valence-electron chi connectivity index (χ0n) is 15.3. The number of halogens is 1. The van der Waals surface area contributed by atoms with E-state index in [1.807, 2.05) is 25.1 Å². The first-order chi connectivity index (χ1) is 13.1. The normalized spacial score (nSPS) is 17.1. The van der Waals surface area contributed by atoms with Gasteiger partial charge < -0.3 is 9.64 Å². The fraction of sp³-hybridized carbons (Fsp3) is 0.263. The van der Waals surface area contributed by atoms with Crippen molar-refractivity contribution in [2.75, 3.05) is 4.90 Å². The molecule has 7 nitrogen and oxygen atoms in total. The number of nitrogens with zero attached hydrogens (tertiary/aromatic N) is 1. The summed E-state index contributed by atoms with van der Waals surface area (Å²) in [5.41, 5.74) is 1.14. The average molecular weight is 406 g/mol. The molecular weight excluding hydrogens is 387 g/mol. The second-order valence-corrected chi connectivity index (χ2v) is 8.19. The van der Waals surface area contributed by atoms with Gasteiger partial charge in [-0.15, -0.1) is 0 Å². The third-order valence-electron chi connectivity index (χ3n) is 4.56. The van der Waals surface area contributed by atoms with Crippen LogP contribution in [0.2, 0.25) is 0 Å². The Bertz CT molecular complexity index is 1050. The number of nitrogens with two attached hydrogens (primary N) is 1. The Morgan fingerprint density at radius 2 is 1.93 bits per heavy atom. The molecule has 1 heterocycles. The van der Waals surface area contributed by atoms with Crippen LogP contribution in [0.1, 0.15) is 29.8 Å². The lowest BCUT2D eigenvalue weighted by Crippen LogP contribution is -2.43. The molecule has 0 fully saturated rings.